The van der Waals surface area contributed by atoms with E-state index < -0.39 is 33.4 Å². The Labute approximate surface area is 125 Å². The average molecular weight is 317 g/mol. The molecule has 1 aliphatic heterocycles. The van der Waals surface area contributed by atoms with Crippen molar-refractivity contribution < 1.29 is 23.1 Å². The van der Waals surface area contributed by atoms with Crippen molar-refractivity contribution in [1.29, 1.82) is 0 Å². The molecule has 7 heteroatoms. The number of aliphatic carboxylic acids is 1. The Morgan fingerprint density at radius 2 is 1.86 bits per heavy atom. The number of hydrogen-bond donors (Lipinski definition) is 1. The molecule has 120 valence electrons. The Hall–Kier alpha value is -1.11. The van der Waals surface area contributed by atoms with Crippen LogP contribution in [-0.2, 0) is 19.4 Å². The lowest BCUT2D eigenvalue weighted by Crippen LogP contribution is -2.36. The van der Waals surface area contributed by atoms with Crippen LogP contribution in [0.2, 0.25) is 0 Å². The first-order valence-corrected chi connectivity index (χ1v) is 9.22. The summed E-state index contributed by atoms with van der Waals surface area (Å²) in [5.74, 6) is -2.05. The van der Waals surface area contributed by atoms with E-state index in [2.05, 4.69) is 0 Å². The van der Waals surface area contributed by atoms with E-state index >= 15 is 0 Å². The summed E-state index contributed by atoms with van der Waals surface area (Å²) >= 11 is 0. The standard InChI is InChI=1S/C14H23NO5S/c1-9(2)7-21(19,20)8-13(16)15-5-11(10-3-4-10)12(6-15)14(17)18/h9-12H,3-8H2,1-2H3,(H,17,18)/t11-,12+/m1/s1. The van der Waals surface area contributed by atoms with Gasteiger partial charge in [-0.1, -0.05) is 13.8 Å². The molecule has 0 spiro atoms. The molecule has 0 aromatic rings. The van der Waals surface area contributed by atoms with Gasteiger partial charge in [0.15, 0.2) is 9.84 Å². The van der Waals surface area contributed by atoms with Crippen molar-refractivity contribution in [2.45, 2.75) is 26.7 Å². The minimum Gasteiger partial charge on any atom is -0.481 e. The summed E-state index contributed by atoms with van der Waals surface area (Å²) in [5, 5.41) is 9.26. The first-order valence-electron chi connectivity index (χ1n) is 7.40. The minimum absolute atomic E-state index is 0.0129. The Morgan fingerprint density at radius 3 is 2.33 bits per heavy atom. The third kappa shape index (κ3) is 4.18. The Morgan fingerprint density at radius 1 is 1.24 bits per heavy atom. The fourth-order valence-electron chi connectivity index (χ4n) is 3.14. The van der Waals surface area contributed by atoms with Gasteiger partial charge in [0.25, 0.3) is 0 Å². The quantitative estimate of drug-likeness (QED) is 0.775. The molecule has 2 rings (SSSR count). The molecule has 1 N–H and O–H groups in total. The number of sulfone groups is 1. The third-order valence-electron chi connectivity index (χ3n) is 4.19. The molecule has 1 amide bonds. The number of carboxylic acid groups (broad SMARTS) is 1. The van der Waals surface area contributed by atoms with Crippen LogP contribution in [0.1, 0.15) is 26.7 Å². The van der Waals surface area contributed by atoms with Crippen LogP contribution in [0.5, 0.6) is 0 Å². The molecule has 2 fully saturated rings. The van der Waals surface area contributed by atoms with Gasteiger partial charge in [0.1, 0.15) is 5.75 Å². The molecule has 0 unspecified atom stereocenters. The lowest BCUT2D eigenvalue weighted by Gasteiger charge is -2.16. The molecule has 6 nitrogen and oxygen atoms in total. The molecule has 1 heterocycles. The van der Waals surface area contributed by atoms with E-state index in [9.17, 15) is 23.1 Å². The fraction of sp³-hybridized carbons (Fsp3) is 0.857. The summed E-state index contributed by atoms with van der Waals surface area (Å²) in [6.45, 7) is 4.12. The second-order valence-electron chi connectivity index (χ2n) is 6.69. The van der Waals surface area contributed by atoms with Crippen LogP contribution in [0, 0.1) is 23.7 Å². The van der Waals surface area contributed by atoms with Crippen LogP contribution < -0.4 is 0 Å². The van der Waals surface area contributed by atoms with Crippen LogP contribution in [0.15, 0.2) is 0 Å². The highest BCUT2D eigenvalue weighted by atomic mass is 32.2. The maximum absolute atomic E-state index is 12.2. The van der Waals surface area contributed by atoms with Crippen molar-refractivity contribution in [3.63, 3.8) is 0 Å². The first-order chi connectivity index (χ1) is 9.69. The van der Waals surface area contributed by atoms with E-state index in [0.29, 0.717) is 12.5 Å². The SMILES string of the molecule is CC(C)CS(=O)(=O)CC(=O)N1C[C@H](C(=O)O)[C@@H](C2CC2)C1. The normalized spacial score (nSPS) is 26.3. The fourth-order valence-corrected chi connectivity index (χ4v) is 4.83. The van der Waals surface area contributed by atoms with E-state index in [0.717, 1.165) is 12.8 Å². The summed E-state index contributed by atoms with van der Waals surface area (Å²) < 4.78 is 23.8. The van der Waals surface area contributed by atoms with Crippen molar-refractivity contribution in [3.8, 4) is 0 Å². The number of nitrogens with zero attached hydrogens (tertiary/aromatic N) is 1. The summed E-state index contributed by atoms with van der Waals surface area (Å²) in [6, 6.07) is 0. The summed E-state index contributed by atoms with van der Waals surface area (Å²) in [6.07, 6.45) is 2.03. The zero-order chi connectivity index (χ0) is 15.8. The maximum atomic E-state index is 12.2. The molecule has 0 aromatic carbocycles. The number of carbonyl (C=O) groups is 2. The molecule has 2 aliphatic rings. The molecule has 0 aromatic heterocycles. The van der Waals surface area contributed by atoms with Gasteiger partial charge in [-0.25, -0.2) is 8.42 Å². The molecular formula is C14H23NO5S. The van der Waals surface area contributed by atoms with Gasteiger partial charge in [0.2, 0.25) is 5.91 Å². The number of likely N-dealkylation sites (tertiary alicyclic amines) is 1. The predicted molar refractivity (Wildman–Crippen MR) is 77.4 cm³/mol. The van der Waals surface area contributed by atoms with Gasteiger partial charge < -0.3 is 10.0 Å². The van der Waals surface area contributed by atoms with Crippen molar-refractivity contribution in [1.82, 2.24) is 4.90 Å². The molecular weight excluding hydrogens is 294 g/mol. The van der Waals surface area contributed by atoms with Crippen molar-refractivity contribution in [3.05, 3.63) is 0 Å². The van der Waals surface area contributed by atoms with Gasteiger partial charge in [0.05, 0.1) is 11.7 Å². The third-order valence-corrected chi connectivity index (χ3v) is 6.05. The average Bonchev–Trinajstić information content (AvgIpc) is 3.04. The molecule has 21 heavy (non-hydrogen) atoms. The second-order valence-corrected chi connectivity index (χ2v) is 8.80. The Balaban J connectivity index is 1.99. The van der Waals surface area contributed by atoms with E-state index in [4.69, 9.17) is 0 Å². The highest BCUT2D eigenvalue weighted by Crippen LogP contribution is 2.44. The molecule has 1 saturated heterocycles. The van der Waals surface area contributed by atoms with Gasteiger partial charge in [0, 0.05) is 13.1 Å². The monoisotopic (exact) mass is 317 g/mol. The largest absolute Gasteiger partial charge is 0.481 e. The van der Waals surface area contributed by atoms with E-state index in [-0.39, 0.29) is 24.1 Å². The van der Waals surface area contributed by atoms with E-state index in [1.807, 2.05) is 0 Å². The van der Waals surface area contributed by atoms with Gasteiger partial charge in [-0.3, -0.25) is 9.59 Å². The minimum atomic E-state index is -3.42. The second kappa shape index (κ2) is 5.94. The number of hydrogen-bond acceptors (Lipinski definition) is 4. The number of carbonyl (C=O) groups excluding carboxylic acids is 1. The molecule has 2 atom stereocenters. The molecule has 1 saturated carbocycles. The molecule has 0 radical (unpaired) electrons. The van der Waals surface area contributed by atoms with Crippen molar-refractivity contribution >= 4 is 21.7 Å². The zero-order valence-electron chi connectivity index (χ0n) is 12.5. The summed E-state index contributed by atoms with van der Waals surface area (Å²) in [5.41, 5.74) is 0. The summed E-state index contributed by atoms with van der Waals surface area (Å²) in [4.78, 5) is 24.9. The van der Waals surface area contributed by atoms with Gasteiger partial charge in [-0.15, -0.1) is 0 Å². The van der Waals surface area contributed by atoms with E-state index in [1.165, 1.54) is 4.90 Å². The maximum Gasteiger partial charge on any atom is 0.308 e. The van der Waals surface area contributed by atoms with Crippen LogP contribution in [0.3, 0.4) is 0 Å². The Bertz CT molecular complexity index is 523. The Kier molecular flexibility index (Phi) is 4.60. The van der Waals surface area contributed by atoms with Crippen LogP contribution in [-0.4, -0.2) is 54.9 Å². The zero-order valence-corrected chi connectivity index (χ0v) is 13.3. The van der Waals surface area contributed by atoms with E-state index in [1.54, 1.807) is 13.8 Å². The number of carboxylic acids is 1. The van der Waals surface area contributed by atoms with Gasteiger partial charge >= 0.3 is 5.97 Å². The molecule has 1 aliphatic carbocycles. The van der Waals surface area contributed by atoms with Gasteiger partial charge in [-0.05, 0) is 30.6 Å². The topological polar surface area (TPSA) is 91.8 Å². The lowest BCUT2D eigenvalue weighted by atomic mass is 9.92. The van der Waals surface area contributed by atoms with Crippen molar-refractivity contribution in [2.24, 2.45) is 23.7 Å². The lowest BCUT2D eigenvalue weighted by molar-refractivity contribution is -0.142. The van der Waals surface area contributed by atoms with Crippen molar-refractivity contribution in [2.75, 3.05) is 24.6 Å². The highest BCUT2D eigenvalue weighted by molar-refractivity contribution is 7.92. The molecule has 0 bridgehead atoms. The van der Waals surface area contributed by atoms with Gasteiger partial charge in [-0.2, -0.15) is 0 Å². The van der Waals surface area contributed by atoms with Crippen LogP contribution in [0.25, 0.3) is 0 Å². The first kappa shape index (κ1) is 16.3. The predicted octanol–water partition coefficient (Wildman–Crippen LogP) is 0.626. The summed E-state index contributed by atoms with van der Waals surface area (Å²) in [7, 11) is -3.42. The smallest absolute Gasteiger partial charge is 0.308 e. The highest BCUT2D eigenvalue weighted by Gasteiger charge is 2.47. The number of rotatable bonds is 6. The van der Waals surface area contributed by atoms with Crippen LogP contribution >= 0.6 is 0 Å². The van der Waals surface area contributed by atoms with Crippen LogP contribution in [0.4, 0.5) is 0 Å². The number of amides is 1.